The van der Waals surface area contributed by atoms with Gasteiger partial charge >= 0.3 is 0 Å². The Balaban J connectivity index is 1.45. The largest absolute Gasteiger partial charge is 0.493 e. The fourth-order valence-electron chi connectivity index (χ4n) is 2.58. The molecule has 3 aromatic rings. The second-order valence-electron chi connectivity index (χ2n) is 5.81. The predicted octanol–water partition coefficient (Wildman–Crippen LogP) is 1.90. The number of hydrogen-bond acceptors (Lipinski definition) is 6. The van der Waals surface area contributed by atoms with E-state index in [1.54, 1.807) is 37.1 Å². The van der Waals surface area contributed by atoms with Crippen LogP contribution in [0.2, 0.25) is 0 Å². The van der Waals surface area contributed by atoms with Gasteiger partial charge in [-0.05, 0) is 42.2 Å². The minimum absolute atomic E-state index is 0.144. The number of benzene rings is 1. The molecular weight excluding hydrogens is 346 g/mol. The minimum atomic E-state index is -0.144. The molecule has 0 aliphatic heterocycles. The lowest BCUT2D eigenvalue weighted by atomic mass is 10.2. The summed E-state index contributed by atoms with van der Waals surface area (Å²) in [7, 11) is 3.16. The van der Waals surface area contributed by atoms with Crippen molar-refractivity contribution < 1.29 is 14.3 Å². The van der Waals surface area contributed by atoms with Crippen LogP contribution in [0.3, 0.4) is 0 Å². The molecule has 0 spiro atoms. The van der Waals surface area contributed by atoms with Crippen LogP contribution in [0.5, 0.6) is 11.5 Å². The van der Waals surface area contributed by atoms with Crippen molar-refractivity contribution in [2.24, 2.45) is 0 Å². The number of rotatable bonds is 8. The summed E-state index contributed by atoms with van der Waals surface area (Å²) in [4.78, 5) is 20.2. The van der Waals surface area contributed by atoms with Gasteiger partial charge in [-0.15, -0.1) is 0 Å². The highest BCUT2D eigenvalue weighted by Crippen LogP contribution is 2.27. The molecule has 0 saturated heterocycles. The first-order chi connectivity index (χ1) is 13.2. The van der Waals surface area contributed by atoms with Crippen LogP contribution < -0.4 is 14.8 Å². The van der Waals surface area contributed by atoms with Crippen LogP contribution in [-0.4, -0.2) is 46.3 Å². The highest BCUT2D eigenvalue weighted by Gasteiger charge is 2.03. The van der Waals surface area contributed by atoms with Gasteiger partial charge < -0.3 is 14.8 Å². The normalized spacial score (nSPS) is 11.0. The van der Waals surface area contributed by atoms with E-state index in [2.05, 4.69) is 20.4 Å². The van der Waals surface area contributed by atoms with Crippen LogP contribution in [-0.2, 0) is 11.2 Å². The lowest BCUT2D eigenvalue weighted by Gasteiger charge is -2.07. The second kappa shape index (κ2) is 8.79. The van der Waals surface area contributed by atoms with Crippen molar-refractivity contribution in [3.63, 3.8) is 0 Å². The van der Waals surface area contributed by atoms with E-state index in [9.17, 15) is 4.79 Å². The number of aromatic nitrogens is 4. The summed E-state index contributed by atoms with van der Waals surface area (Å²) in [6.45, 7) is 0.574. The van der Waals surface area contributed by atoms with Crippen molar-refractivity contribution in [3.05, 3.63) is 54.1 Å². The van der Waals surface area contributed by atoms with Crippen LogP contribution in [0, 0.1) is 0 Å². The van der Waals surface area contributed by atoms with Crippen molar-refractivity contribution >= 4 is 17.8 Å². The maximum atomic E-state index is 12.0. The quantitative estimate of drug-likeness (QED) is 0.483. The van der Waals surface area contributed by atoms with Crippen molar-refractivity contribution in [3.8, 4) is 11.5 Å². The molecular formula is C19H21N5O3. The molecule has 0 fully saturated rings. The second-order valence-corrected chi connectivity index (χ2v) is 5.81. The van der Waals surface area contributed by atoms with Gasteiger partial charge in [-0.2, -0.15) is 10.1 Å². The van der Waals surface area contributed by atoms with Crippen molar-refractivity contribution in [1.29, 1.82) is 0 Å². The Morgan fingerprint density at radius 1 is 1.22 bits per heavy atom. The number of carbonyl (C=O) groups excluding carboxylic acids is 1. The molecule has 0 aliphatic carbocycles. The Morgan fingerprint density at radius 2 is 2.07 bits per heavy atom. The van der Waals surface area contributed by atoms with Gasteiger partial charge in [0, 0.05) is 25.0 Å². The maximum Gasteiger partial charge on any atom is 0.252 e. The number of fused-ring (bicyclic) bond motifs is 1. The van der Waals surface area contributed by atoms with E-state index in [1.807, 2.05) is 18.3 Å². The smallest absolute Gasteiger partial charge is 0.252 e. The van der Waals surface area contributed by atoms with Crippen molar-refractivity contribution in [2.75, 3.05) is 20.8 Å². The molecule has 8 heteroatoms. The van der Waals surface area contributed by atoms with E-state index in [1.165, 1.54) is 12.4 Å². The Morgan fingerprint density at radius 3 is 2.89 bits per heavy atom. The zero-order chi connectivity index (χ0) is 19.1. The molecule has 0 radical (unpaired) electrons. The van der Waals surface area contributed by atoms with E-state index < -0.39 is 0 Å². The van der Waals surface area contributed by atoms with Gasteiger partial charge in [-0.25, -0.2) is 9.50 Å². The third-order valence-corrected chi connectivity index (χ3v) is 3.96. The third kappa shape index (κ3) is 4.81. The molecule has 0 saturated carbocycles. The summed E-state index contributed by atoms with van der Waals surface area (Å²) in [5.41, 5.74) is 1.90. The topological polar surface area (TPSA) is 90.6 Å². The summed E-state index contributed by atoms with van der Waals surface area (Å²) in [6, 6.07) is 5.48. The summed E-state index contributed by atoms with van der Waals surface area (Å²) >= 11 is 0. The monoisotopic (exact) mass is 367 g/mol. The van der Waals surface area contributed by atoms with E-state index >= 15 is 0 Å². The van der Waals surface area contributed by atoms with Gasteiger partial charge in [0.1, 0.15) is 6.33 Å². The molecule has 2 heterocycles. The molecule has 27 heavy (non-hydrogen) atoms. The zero-order valence-electron chi connectivity index (χ0n) is 15.3. The highest BCUT2D eigenvalue weighted by molar-refractivity contribution is 5.91. The fourth-order valence-corrected chi connectivity index (χ4v) is 2.58. The number of ether oxygens (including phenoxy) is 2. The van der Waals surface area contributed by atoms with Crippen LogP contribution >= 0.6 is 0 Å². The van der Waals surface area contributed by atoms with Crippen molar-refractivity contribution in [1.82, 2.24) is 24.9 Å². The number of amides is 1. The van der Waals surface area contributed by atoms with E-state index in [0.29, 0.717) is 23.8 Å². The number of methoxy groups -OCH3 is 2. The Bertz CT molecular complexity index is 951. The molecule has 2 aromatic heterocycles. The number of hydrogen-bond donors (Lipinski definition) is 1. The molecule has 140 valence electrons. The minimum Gasteiger partial charge on any atom is -0.493 e. The number of carbonyl (C=O) groups is 1. The van der Waals surface area contributed by atoms with Gasteiger partial charge in [-0.1, -0.05) is 6.07 Å². The average molecular weight is 367 g/mol. The standard InChI is InChI=1S/C19H21N5O3/c1-26-16-7-5-14(10-17(16)27-2)6-8-18(25)20-9-3-4-15-11-21-19-22-13-23-24(19)12-15/h5-8,10-13H,3-4,9H2,1-2H3,(H,20,25)/b8-6+. The molecule has 0 bridgehead atoms. The predicted molar refractivity (Wildman–Crippen MR) is 101 cm³/mol. The van der Waals surface area contributed by atoms with Crippen molar-refractivity contribution in [2.45, 2.75) is 12.8 Å². The molecule has 8 nitrogen and oxygen atoms in total. The van der Waals surface area contributed by atoms with Gasteiger partial charge in [0.15, 0.2) is 11.5 Å². The van der Waals surface area contributed by atoms with Gasteiger partial charge in [-0.3, -0.25) is 4.79 Å². The number of aryl methyl sites for hydroxylation is 1. The van der Waals surface area contributed by atoms with Crippen LogP contribution in [0.4, 0.5) is 0 Å². The Hall–Kier alpha value is -3.42. The molecule has 0 aliphatic rings. The fraction of sp³-hybridized carbons (Fsp3) is 0.263. The summed E-state index contributed by atoms with van der Waals surface area (Å²) < 4.78 is 12.1. The highest BCUT2D eigenvalue weighted by atomic mass is 16.5. The number of nitrogens with one attached hydrogen (secondary N) is 1. The van der Waals surface area contributed by atoms with Gasteiger partial charge in [0.2, 0.25) is 5.91 Å². The van der Waals surface area contributed by atoms with Crippen LogP contribution in [0.1, 0.15) is 17.5 Å². The van der Waals surface area contributed by atoms with Crippen LogP contribution in [0.15, 0.2) is 43.0 Å². The molecule has 3 rings (SSSR count). The third-order valence-electron chi connectivity index (χ3n) is 3.96. The Kier molecular flexibility index (Phi) is 5.98. The molecule has 0 unspecified atom stereocenters. The average Bonchev–Trinajstić information content (AvgIpc) is 3.17. The van der Waals surface area contributed by atoms with Gasteiger partial charge in [0.05, 0.1) is 14.2 Å². The lowest BCUT2D eigenvalue weighted by Crippen LogP contribution is -2.22. The zero-order valence-corrected chi connectivity index (χ0v) is 15.3. The first-order valence-electron chi connectivity index (χ1n) is 8.52. The maximum absolute atomic E-state index is 12.0. The molecule has 1 N–H and O–H groups in total. The van der Waals surface area contributed by atoms with E-state index in [0.717, 1.165) is 24.0 Å². The molecule has 0 atom stereocenters. The number of nitrogens with zero attached hydrogens (tertiary/aromatic N) is 4. The lowest BCUT2D eigenvalue weighted by molar-refractivity contribution is -0.116. The first kappa shape index (κ1) is 18.4. The summed E-state index contributed by atoms with van der Waals surface area (Å²) in [5, 5.41) is 6.93. The van der Waals surface area contributed by atoms with Gasteiger partial charge in [0.25, 0.3) is 5.78 Å². The van der Waals surface area contributed by atoms with E-state index in [-0.39, 0.29) is 5.91 Å². The molecule has 1 aromatic carbocycles. The summed E-state index contributed by atoms with van der Waals surface area (Å²) in [6.07, 6.45) is 9.98. The first-order valence-corrected chi connectivity index (χ1v) is 8.52. The Labute approximate surface area is 156 Å². The SMILES string of the molecule is COc1ccc(/C=C/C(=O)NCCCc2cnc3ncnn3c2)cc1OC. The molecule has 1 amide bonds. The summed E-state index contributed by atoms with van der Waals surface area (Å²) in [5.74, 6) is 1.71. The van der Waals surface area contributed by atoms with E-state index in [4.69, 9.17) is 9.47 Å². The van der Waals surface area contributed by atoms with Crippen LogP contribution in [0.25, 0.3) is 11.9 Å².